The highest BCUT2D eigenvalue weighted by molar-refractivity contribution is 6.10. The van der Waals surface area contributed by atoms with Gasteiger partial charge in [-0.05, 0) is 46.5 Å². The van der Waals surface area contributed by atoms with Crippen molar-refractivity contribution in [2.45, 2.75) is 0 Å². The summed E-state index contributed by atoms with van der Waals surface area (Å²) in [5.41, 5.74) is 5.97. The fourth-order valence-electron chi connectivity index (χ4n) is 6.11. The highest BCUT2D eigenvalue weighted by Crippen LogP contribution is 2.36. The van der Waals surface area contributed by atoms with Crippen molar-refractivity contribution < 1.29 is 9.60 Å². The van der Waals surface area contributed by atoms with E-state index in [1.165, 1.54) is 0 Å². The number of benzene rings is 7. The highest BCUT2D eigenvalue weighted by atomic mass is 15.0. The van der Waals surface area contributed by atoms with E-state index in [9.17, 15) is 4.11 Å². The predicted octanol–water partition coefficient (Wildman–Crippen LogP) is 11.3. The fraction of sp³-hybridized carbons (Fsp3) is 0. The highest BCUT2D eigenvalue weighted by Gasteiger charge is 2.17. The molecule has 49 heavy (non-hydrogen) atoms. The predicted molar refractivity (Wildman–Crippen MR) is 201 cm³/mol. The zero-order valence-electron chi connectivity index (χ0n) is 33.1. The third kappa shape index (κ3) is 5.35. The van der Waals surface area contributed by atoms with Crippen LogP contribution in [0.15, 0.2) is 182 Å². The van der Waals surface area contributed by atoms with Crippen LogP contribution in [0.2, 0.25) is 0 Å². The average molecular weight is 634 g/mol. The van der Waals surface area contributed by atoms with Gasteiger partial charge in [-0.25, -0.2) is 15.0 Å². The molecule has 0 aliphatic carbocycles. The second-order valence-electron chi connectivity index (χ2n) is 11.6. The van der Waals surface area contributed by atoms with Crippen LogP contribution in [-0.2, 0) is 0 Å². The van der Waals surface area contributed by atoms with Crippen LogP contribution in [0.1, 0.15) is 9.60 Å². The third-order valence-corrected chi connectivity index (χ3v) is 8.51. The molecule has 9 aromatic rings. The van der Waals surface area contributed by atoms with E-state index in [0.717, 1.165) is 22.3 Å². The first-order valence-electron chi connectivity index (χ1n) is 19.4. The molecule has 0 unspecified atom stereocenters. The molecule has 0 aliphatic rings. The molecule has 2 heterocycles. The van der Waals surface area contributed by atoms with E-state index in [0.29, 0.717) is 28.5 Å². The van der Waals surface area contributed by atoms with Gasteiger partial charge in [-0.1, -0.05) is 158 Å². The zero-order valence-corrected chi connectivity index (χ0v) is 26.1. The van der Waals surface area contributed by atoms with Crippen molar-refractivity contribution in [3.05, 3.63) is 182 Å². The van der Waals surface area contributed by atoms with E-state index < -0.39 is 12.1 Å². The van der Waals surface area contributed by atoms with Crippen molar-refractivity contribution >= 4 is 21.8 Å². The molecule has 7 aromatic carbocycles. The maximum absolute atomic E-state index is 9.84. The van der Waals surface area contributed by atoms with Crippen molar-refractivity contribution in [1.82, 2.24) is 19.5 Å². The second kappa shape index (κ2) is 12.2. The molecule has 230 valence electrons. The Labute approximate surface area is 294 Å². The van der Waals surface area contributed by atoms with Gasteiger partial charge >= 0.3 is 0 Å². The Morgan fingerprint density at radius 3 is 1.55 bits per heavy atom. The molecule has 0 fully saturated rings. The Morgan fingerprint density at radius 2 is 0.878 bits per heavy atom. The number of hydrogen-bond donors (Lipinski definition) is 0. The molecule has 0 spiro atoms. The summed E-state index contributed by atoms with van der Waals surface area (Å²) in [4.78, 5) is 14.5. The van der Waals surface area contributed by atoms with Crippen molar-refractivity contribution in [3.8, 4) is 62.1 Å². The van der Waals surface area contributed by atoms with Crippen LogP contribution < -0.4 is 0 Å². The van der Waals surface area contributed by atoms with Crippen LogP contribution in [0.25, 0.3) is 83.9 Å². The zero-order chi connectivity index (χ0) is 38.7. The first-order valence-corrected chi connectivity index (χ1v) is 15.9. The van der Waals surface area contributed by atoms with Crippen molar-refractivity contribution in [3.63, 3.8) is 0 Å². The lowest BCUT2D eigenvalue weighted by Crippen LogP contribution is -2.00. The molecule has 0 radical (unpaired) electrons. The number of nitrogens with zero attached hydrogens (tertiary/aromatic N) is 4. The van der Waals surface area contributed by atoms with E-state index in [-0.39, 0.29) is 63.4 Å². The lowest BCUT2D eigenvalue weighted by molar-refractivity contribution is 1.07. The van der Waals surface area contributed by atoms with Gasteiger partial charge in [0.1, 0.15) is 0 Å². The Balaban J connectivity index is 1.34. The maximum atomic E-state index is 9.84. The van der Waals surface area contributed by atoms with Gasteiger partial charge in [0.25, 0.3) is 0 Å². The first-order chi connectivity index (χ1) is 27.2. The van der Waals surface area contributed by atoms with Crippen molar-refractivity contribution in [2.24, 2.45) is 0 Å². The SMILES string of the molecule is [2H]c1c([2H])c([2H])c2c(c1[2H])c1c([2H])c([2H])c(-c3nc(-c4ccccc4)nc(-c4ccc(-c5ccccc5)cc4)n3)c([2H])c1n2-c1cccc(-c2ccccc2)c1. The van der Waals surface area contributed by atoms with Crippen molar-refractivity contribution in [1.29, 1.82) is 0 Å². The minimum Gasteiger partial charge on any atom is -0.309 e. The third-order valence-electron chi connectivity index (χ3n) is 8.51. The second-order valence-corrected chi connectivity index (χ2v) is 11.6. The van der Waals surface area contributed by atoms with Crippen LogP contribution in [0, 0.1) is 0 Å². The van der Waals surface area contributed by atoms with Crippen LogP contribution in [-0.4, -0.2) is 19.5 Å². The van der Waals surface area contributed by atoms with Gasteiger partial charge in [-0.15, -0.1) is 0 Å². The summed E-state index contributed by atoms with van der Waals surface area (Å²) in [6.45, 7) is 0. The first kappa shape index (κ1) is 22.0. The van der Waals surface area contributed by atoms with Gasteiger partial charge < -0.3 is 4.57 Å². The monoisotopic (exact) mass is 633 g/mol. The van der Waals surface area contributed by atoms with Gasteiger partial charge in [-0.2, -0.15) is 0 Å². The molecule has 9 rings (SSSR count). The molecule has 4 heteroatoms. The number of fused-ring (bicyclic) bond motifs is 3. The molecule has 4 nitrogen and oxygen atoms in total. The summed E-state index contributed by atoms with van der Waals surface area (Å²) in [6.07, 6.45) is 0. The smallest absolute Gasteiger partial charge is 0.164 e. The molecule has 0 N–H and O–H groups in total. The molecule has 0 aliphatic heterocycles. The Kier molecular flexibility index (Phi) is 5.47. The maximum Gasteiger partial charge on any atom is 0.164 e. The minimum absolute atomic E-state index is 0.0146. The van der Waals surface area contributed by atoms with E-state index in [4.69, 9.17) is 20.4 Å². The average Bonchev–Trinajstić information content (AvgIpc) is 3.62. The van der Waals surface area contributed by atoms with Gasteiger partial charge in [-0.3, -0.25) is 0 Å². The van der Waals surface area contributed by atoms with Gasteiger partial charge in [0.15, 0.2) is 17.5 Å². The molecular formula is C45H30N4. The number of hydrogen-bond acceptors (Lipinski definition) is 3. The minimum atomic E-state index is -0.464. The molecule has 2 aromatic heterocycles. The van der Waals surface area contributed by atoms with Crippen molar-refractivity contribution in [2.75, 3.05) is 0 Å². The number of rotatable bonds is 6. The van der Waals surface area contributed by atoms with Crippen LogP contribution >= 0.6 is 0 Å². The van der Waals surface area contributed by atoms with Gasteiger partial charge in [0, 0.05) is 33.2 Å². The standard InChI is InChI=1S/C45H30N4/c1-4-13-31(14-5-1)33-23-25-35(26-24-33)44-46-43(34-17-8-3-9-18-34)47-45(48-44)37-27-28-40-39-21-10-11-22-41(39)49(42(40)30-37)38-20-12-19-36(29-38)32-15-6-2-7-16-32/h1-30H/i10D,11D,21D,22D,27D,28D,30D. The summed E-state index contributed by atoms with van der Waals surface area (Å²) >= 11 is 0. The molecular weight excluding hydrogens is 597 g/mol. The lowest BCUT2D eigenvalue weighted by atomic mass is 10.0. The summed E-state index contributed by atoms with van der Waals surface area (Å²) < 4.78 is 65.5. The quantitative estimate of drug-likeness (QED) is 0.183. The molecule has 0 saturated carbocycles. The number of aromatic nitrogens is 4. The van der Waals surface area contributed by atoms with Gasteiger partial charge in [0.2, 0.25) is 0 Å². The molecule has 0 bridgehead atoms. The normalized spacial score (nSPS) is 13.3. The van der Waals surface area contributed by atoms with E-state index in [2.05, 4.69) is 0 Å². The van der Waals surface area contributed by atoms with Crippen LogP contribution in [0.4, 0.5) is 0 Å². The van der Waals surface area contributed by atoms with E-state index in [1.54, 1.807) is 10.6 Å². The molecule has 0 amide bonds. The Hall–Kier alpha value is -6.65. The Bertz CT molecular complexity index is 2970. The summed E-state index contributed by atoms with van der Waals surface area (Å²) in [6, 6.07) is 41.9. The van der Waals surface area contributed by atoms with E-state index >= 15 is 0 Å². The van der Waals surface area contributed by atoms with Gasteiger partial charge in [0.05, 0.1) is 20.6 Å². The molecule has 0 saturated heterocycles. The van der Waals surface area contributed by atoms with Crippen LogP contribution in [0.5, 0.6) is 0 Å². The number of para-hydroxylation sites is 1. The Morgan fingerprint density at radius 1 is 0.388 bits per heavy atom. The fourth-order valence-corrected chi connectivity index (χ4v) is 6.11. The lowest BCUT2D eigenvalue weighted by Gasteiger charge is -2.12. The molecule has 0 atom stereocenters. The summed E-state index contributed by atoms with van der Waals surface area (Å²) in [5, 5.41) is 0.138. The summed E-state index contributed by atoms with van der Waals surface area (Å²) in [7, 11) is 0. The topological polar surface area (TPSA) is 43.6 Å². The largest absolute Gasteiger partial charge is 0.309 e. The van der Waals surface area contributed by atoms with Crippen LogP contribution in [0.3, 0.4) is 0 Å². The summed E-state index contributed by atoms with van der Waals surface area (Å²) in [5.74, 6) is 0.647. The van der Waals surface area contributed by atoms with E-state index in [1.807, 2.05) is 133 Å².